The summed E-state index contributed by atoms with van der Waals surface area (Å²) >= 11 is 0. The lowest BCUT2D eigenvalue weighted by Gasteiger charge is -2.05. The van der Waals surface area contributed by atoms with E-state index in [0.29, 0.717) is 12.4 Å². The summed E-state index contributed by atoms with van der Waals surface area (Å²) in [6.45, 7) is 2.34. The summed E-state index contributed by atoms with van der Waals surface area (Å²) in [6.07, 6.45) is 1.62. The van der Waals surface area contributed by atoms with Crippen molar-refractivity contribution in [1.82, 2.24) is 9.88 Å². The first-order chi connectivity index (χ1) is 6.50. The molecule has 5 heteroatoms. The molecule has 0 saturated heterocycles. The molecule has 14 heavy (non-hydrogen) atoms. The zero-order valence-corrected chi connectivity index (χ0v) is 8.65. The predicted molar refractivity (Wildman–Crippen MR) is 51.5 cm³/mol. The van der Waals surface area contributed by atoms with Gasteiger partial charge in [-0.25, -0.2) is 4.98 Å². The molecule has 1 aromatic heterocycles. The van der Waals surface area contributed by atoms with Gasteiger partial charge in [0.2, 0.25) is 11.8 Å². The van der Waals surface area contributed by atoms with E-state index in [-0.39, 0.29) is 0 Å². The number of hydrogen-bond acceptors (Lipinski definition) is 4. The molecular formula is C9H15N3O2. The molecule has 2 N–H and O–H groups in total. The van der Waals surface area contributed by atoms with Crippen molar-refractivity contribution in [3.63, 3.8) is 0 Å². The topological polar surface area (TPSA) is 72.4 Å². The van der Waals surface area contributed by atoms with Gasteiger partial charge in [0, 0.05) is 0 Å². The lowest BCUT2D eigenvalue weighted by molar-refractivity contribution is -0.119. The molecule has 1 rings (SSSR count). The number of primary amides is 1. The standard InChI is InChI=1S/C9H15N3O2/c1-6(8(10)13)9-11-4-7(14-9)5-12(2)3/h4,6H,5H2,1-3H3,(H2,10,13)/t6-/m1/s1. The van der Waals surface area contributed by atoms with Crippen LogP contribution in [0.3, 0.4) is 0 Å². The third kappa shape index (κ3) is 2.56. The summed E-state index contributed by atoms with van der Waals surface area (Å²) in [6, 6.07) is 0. The zero-order chi connectivity index (χ0) is 10.7. The van der Waals surface area contributed by atoms with Crippen LogP contribution >= 0.6 is 0 Å². The van der Waals surface area contributed by atoms with Crippen LogP contribution in [0.15, 0.2) is 10.6 Å². The molecule has 1 atom stereocenters. The average Bonchev–Trinajstić information content (AvgIpc) is 2.50. The summed E-state index contributed by atoms with van der Waals surface area (Å²) in [5, 5.41) is 0. The maximum atomic E-state index is 10.8. The molecule has 5 nitrogen and oxygen atoms in total. The maximum absolute atomic E-state index is 10.8. The van der Waals surface area contributed by atoms with Crippen molar-refractivity contribution in [3.8, 4) is 0 Å². The maximum Gasteiger partial charge on any atom is 0.229 e. The Bertz CT molecular complexity index is 320. The highest BCUT2D eigenvalue weighted by atomic mass is 16.4. The molecule has 0 saturated carbocycles. The van der Waals surface area contributed by atoms with Crippen LogP contribution in [0.1, 0.15) is 24.5 Å². The van der Waals surface area contributed by atoms with Gasteiger partial charge in [0.1, 0.15) is 11.7 Å². The zero-order valence-electron chi connectivity index (χ0n) is 8.65. The summed E-state index contributed by atoms with van der Waals surface area (Å²) in [4.78, 5) is 16.8. The van der Waals surface area contributed by atoms with E-state index in [0.717, 1.165) is 5.76 Å². The fourth-order valence-electron chi connectivity index (χ4n) is 1.03. The summed E-state index contributed by atoms with van der Waals surface area (Å²) in [7, 11) is 3.86. The van der Waals surface area contributed by atoms with Crippen molar-refractivity contribution < 1.29 is 9.21 Å². The van der Waals surface area contributed by atoms with Crippen LogP contribution in [-0.4, -0.2) is 29.9 Å². The van der Waals surface area contributed by atoms with Gasteiger partial charge in [-0.15, -0.1) is 0 Å². The second kappa shape index (κ2) is 4.23. The molecule has 1 amide bonds. The number of rotatable bonds is 4. The molecule has 78 valence electrons. The van der Waals surface area contributed by atoms with E-state index in [1.807, 2.05) is 19.0 Å². The number of carbonyl (C=O) groups is 1. The molecule has 0 aliphatic carbocycles. The monoisotopic (exact) mass is 197 g/mol. The van der Waals surface area contributed by atoms with Crippen LogP contribution in [0, 0.1) is 0 Å². The van der Waals surface area contributed by atoms with Gasteiger partial charge in [0.25, 0.3) is 0 Å². The molecule has 1 heterocycles. The second-order valence-corrected chi connectivity index (χ2v) is 3.53. The Kier molecular flexibility index (Phi) is 3.24. The number of carbonyl (C=O) groups excluding carboxylic acids is 1. The fourth-order valence-corrected chi connectivity index (χ4v) is 1.03. The highest BCUT2D eigenvalue weighted by molar-refractivity contribution is 5.80. The first-order valence-corrected chi connectivity index (χ1v) is 4.39. The molecule has 0 unspecified atom stereocenters. The van der Waals surface area contributed by atoms with Gasteiger partial charge < -0.3 is 15.1 Å². The van der Waals surface area contributed by atoms with Gasteiger partial charge in [0.05, 0.1) is 12.7 Å². The largest absolute Gasteiger partial charge is 0.444 e. The van der Waals surface area contributed by atoms with Crippen molar-refractivity contribution in [2.24, 2.45) is 5.73 Å². The SMILES string of the molecule is C[C@H](C(N)=O)c1ncc(CN(C)C)o1. The molecular weight excluding hydrogens is 182 g/mol. The number of aromatic nitrogens is 1. The van der Waals surface area contributed by atoms with Crippen molar-refractivity contribution in [2.45, 2.75) is 19.4 Å². The van der Waals surface area contributed by atoms with Crippen molar-refractivity contribution in [1.29, 1.82) is 0 Å². The molecule has 0 aliphatic rings. The van der Waals surface area contributed by atoms with Crippen LogP contribution in [-0.2, 0) is 11.3 Å². The first-order valence-electron chi connectivity index (χ1n) is 4.39. The number of oxazole rings is 1. The predicted octanol–water partition coefficient (Wildman–Crippen LogP) is 0.325. The quantitative estimate of drug-likeness (QED) is 0.754. The summed E-state index contributed by atoms with van der Waals surface area (Å²) < 4.78 is 5.36. The number of nitrogens with zero attached hydrogens (tertiary/aromatic N) is 2. The van der Waals surface area contributed by atoms with Gasteiger partial charge in [-0.3, -0.25) is 4.79 Å². The minimum atomic E-state index is -0.467. The minimum absolute atomic E-state index is 0.384. The molecule has 0 aromatic carbocycles. The van der Waals surface area contributed by atoms with Gasteiger partial charge in [-0.1, -0.05) is 0 Å². The van der Waals surface area contributed by atoms with Crippen LogP contribution in [0.25, 0.3) is 0 Å². The van der Waals surface area contributed by atoms with Crippen molar-refractivity contribution in [2.75, 3.05) is 14.1 Å². The van der Waals surface area contributed by atoms with E-state index in [2.05, 4.69) is 4.98 Å². The van der Waals surface area contributed by atoms with Crippen LogP contribution in [0.5, 0.6) is 0 Å². The van der Waals surface area contributed by atoms with Crippen LogP contribution < -0.4 is 5.73 Å². The first kappa shape index (κ1) is 10.7. The lowest BCUT2D eigenvalue weighted by Crippen LogP contribution is -2.18. The highest BCUT2D eigenvalue weighted by Gasteiger charge is 2.17. The van der Waals surface area contributed by atoms with Gasteiger partial charge in [-0.2, -0.15) is 0 Å². The second-order valence-electron chi connectivity index (χ2n) is 3.53. The van der Waals surface area contributed by atoms with Crippen molar-refractivity contribution >= 4 is 5.91 Å². The van der Waals surface area contributed by atoms with E-state index in [1.54, 1.807) is 13.1 Å². The van der Waals surface area contributed by atoms with E-state index in [4.69, 9.17) is 10.2 Å². The van der Waals surface area contributed by atoms with Gasteiger partial charge >= 0.3 is 0 Å². The normalized spacial score (nSPS) is 13.1. The number of nitrogens with two attached hydrogens (primary N) is 1. The van der Waals surface area contributed by atoms with Crippen LogP contribution in [0.2, 0.25) is 0 Å². The fraction of sp³-hybridized carbons (Fsp3) is 0.556. The summed E-state index contributed by atoms with van der Waals surface area (Å²) in [5.41, 5.74) is 5.13. The van der Waals surface area contributed by atoms with E-state index in [9.17, 15) is 4.79 Å². The van der Waals surface area contributed by atoms with E-state index < -0.39 is 11.8 Å². The number of hydrogen-bond donors (Lipinski definition) is 1. The Balaban J connectivity index is 2.72. The molecule has 0 aliphatic heterocycles. The van der Waals surface area contributed by atoms with Gasteiger partial charge in [0.15, 0.2) is 0 Å². The molecule has 0 spiro atoms. The highest BCUT2D eigenvalue weighted by Crippen LogP contribution is 2.15. The van der Waals surface area contributed by atoms with E-state index in [1.165, 1.54) is 0 Å². The molecule has 0 bridgehead atoms. The summed E-state index contributed by atoms with van der Waals surface area (Å²) in [5.74, 6) is 0.224. The van der Waals surface area contributed by atoms with Crippen molar-refractivity contribution in [3.05, 3.63) is 17.8 Å². The third-order valence-corrected chi connectivity index (χ3v) is 1.84. The third-order valence-electron chi connectivity index (χ3n) is 1.84. The van der Waals surface area contributed by atoms with Gasteiger partial charge in [-0.05, 0) is 21.0 Å². The molecule has 0 radical (unpaired) electrons. The Hall–Kier alpha value is -1.36. The Morgan fingerprint density at radius 3 is 2.86 bits per heavy atom. The molecule has 0 fully saturated rings. The Morgan fingerprint density at radius 1 is 1.71 bits per heavy atom. The lowest BCUT2D eigenvalue weighted by atomic mass is 10.2. The van der Waals surface area contributed by atoms with Crippen LogP contribution in [0.4, 0.5) is 0 Å². The smallest absolute Gasteiger partial charge is 0.229 e. The van der Waals surface area contributed by atoms with E-state index >= 15 is 0 Å². The Labute approximate surface area is 82.9 Å². The Morgan fingerprint density at radius 2 is 2.36 bits per heavy atom. The minimum Gasteiger partial charge on any atom is -0.444 e. The average molecular weight is 197 g/mol. The number of amides is 1. The molecule has 1 aromatic rings.